The SMILES string of the molecule is COc1cnccc1C(=O)N1CC2OCCN(C(C)C)C2C1. The zero-order valence-corrected chi connectivity index (χ0v) is 13.4. The van der Waals surface area contributed by atoms with E-state index in [9.17, 15) is 4.79 Å². The van der Waals surface area contributed by atoms with Crippen LogP contribution < -0.4 is 4.74 Å². The third-order valence-corrected chi connectivity index (χ3v) is 4.53. The average molecular weight is 305 g/mol. The van der Waals surface area contributed by atoms with Crippen LogP contribution in [0.1, 0.15) is 24.2 Å². The van der Waals surface area contributed by atoms with Crippen LogP contribution in [-0.2, 0) is 4.74 Å². The number of pyridine rings is 1. The summed E-state index contributed by atoms with van der Waals surface area (Å²) in [5.41, 5.74) is 0.562. The molecule has 1 amide bonds. The van der Waals surface area contributed by atoms with Crippen LogP contribution in [0.2, 0.25) is 0 Å². The first-order chi connectivity index (χ1) is 10.6. The van der Waals surface area contributed by atoms with Gasteiger partial charge in [-0.15, -0.1) is 0 Å². The van der Waals surface area contributed by atoms with E-state index in [1.807, 2.05) is 4.90 Å². The molecular formula is C16H23N3O3. The highest BCUT2D eigenvalue weighted by molar-refractivity contribution is 5.97. The topological polar surface area (TPSA) is 54.9 Å². The first kappa shape index (κ1) is 15.2. The normalized spacial score (nSPS) is 25.4. The molecule has 0 N–H and O–H groups in total. The number of fused-ring (bicyclic) bond motifs is 1. The molecule has 6 heteroatoms. The summed E-state index contributed by atoms with van der Waals surface area (Å²) < 4.78 is 11.1. The summed E-state index contributed by atoms with van der Waals surface area (Å²) in [5, 5.41) is 0. The number of likely N-dealkylation sites (tertiary alicyclic amines) is 1. The first-order valence-corrected chi connectivity index (χ1v) is 7.76. The molecule has 22 heavy (non-hydrogen) atoms. The van der Waals surface area contributed by atoms with Crippen molar-refractivity contribution < 1.29 is 14.3 Å². The summed E-state index contributed by atoms with van der Waals surface area (Å²) in [5.74, 6) is 0.505. The fourth-order valence-electron chi connectivity index (χ4n) is 3.41. The lowest BCUT2D eigenvalue weighted by molar-refractivity contribution is -0.0582. The second-order valence-electron chi connectivity index (χ2n) is 6.09. The Morgan fingerprint density at radius 1 is 1.45 bits per heavy atom. The Balaban J connectivity index is 1.78. The molecule has 0 saturated carbocycles. The van der Waals surface area contributed by atoms with Crippen LogP contribution in [0.4, 0.5) is 0 Å². The molecule has 0 radical (unpaired) electrons. The molecule has 1 aromatic heterocycles. The van der Waals surface area contributed by atoms with Gasteiger partial charge in [0.1, 0.15) is 5.75 Å². The van der Waals surface area contributed by atoms with Gasteiger partial charge in [0.15, 0.2) is 0 Å². The predicted octanol–water partition coefficient (Wildman–Crippen LogP) is 1.02. The Kier molecular flexibility index (Phi) is 4.31. The van der Waals surface area contributed by atoms with Crippen LogP contribution in [0.3, 0.4) is 0 Å². The van der Waals surface area contributed by atoms with Crippen molar-refractivity contribution in [2.45, 2.75) is 32.0 Å². The van der Waals surface area contributed by atoms with Gasteiger partial charge in [0.05, 0.1) is 37.6 Å². The minimum atomic E-state index is -0.0130. The maximum atomic E-state index is 12.8. The molecule has 1 aromatic rings. The Hall–Kier alpha value is -1.66. The number of rotatable bonds is 3. The van der Waals surface area contributed by atoms with Gasteiger partial charge in [0.2, 0.25) is 0 Å². The van der Waals surface area contributed by atoms with Gasteiger partial charge >= 0.3 is 0 Å². The summed E-state index contributed by atoms with van der Waals surface area (Å²) >= 11 is 0. The number of methoxy groups -OCH3 is 1. The average Bonchev–Trinajstić information content (AvgIpc) is 2.97. The number of ether oxygens (including phenoxy) is 2. The van der Waals surface area contributed by atoms with Gasteiger partial charge in [0.25, 0.3) is 5.91 Å². The molecule has 2 aliphatic heterocycles. The number of aromatic nitrogens is 1. The summed E-state index contributed by atoms with van der Waals surface area (Å²) in [6.07, 6.45) is 3.30. The molecular weight excluding hydrogens is 282 g/mol. The fraction of sp³-hybridized carbons (Fsp3) is 0.625. The van der Waals surface area contributed by atoms with Crippen molar-refractivity contribution >= 4 is 5.91 Å². The van der Waals surface area contributed by atoms with Gasteiger partial charge in [-0.2, -0.15) is 0 Å². The highest BCUT2D eigenvalue weighted by atomic mass is 16.5. The Bertz CT molecular complexity index is 549. The van der Waals surface area contributed by atoms with Crippen molar-refractivity contribution in [3.8, 4) is 5.75 Å². The fourth-order valence-corrected chi connectivity index (χ4v) is 3.41. The van der Waals surface area contributed by atoms with Gasteiger partial charge in [-0.25, -0.2) is 0 Å². The second-order valence-corrected chi connectivity index (χ2v) is 6.09. The van der Waals surface area contributed by atoms with Crippen molar-refractivity contribution in [1.82, 2.24) is 14.8 Å². The minimum absolute atomic E-state index is 0.0130. The van der Waals surface area contributed by atoms with Crippen molar-refractivity contribution in [3.05, 3.63) is 24.0 Å². The number of nitrogens with zero attached hydrogens (tertiary/aromatic N) is 3. The van der Waals surface area contributed by atoms with E-state index in [0.29, 0.717) is 30.4 Å². The summed E-state index contributed by atoms with van der Waals surface area (Å²) in [4.78, 5) is 21.1. The molecule has 3 rings (SSSR count). The highest BCUT2D eigenvalue weighted by Crippen LogP contribution is 2.27. The van der Waals surface area contributed by atoms with Gasteiger partial charge in [-0.05, 0) is 19.9 Å². The number of amides is 1. The lowest BCUT2D eigenvalue weighted by Crippen LogP contribution is -2.53. The third kappa shape index (κ3) is 2.68. The van der Waals surface area contributed by atoms with Crippen LogP contribution in [0.5, 0.6) is 5.75 Å². The molecule has 0 spiro atoms. The summed E-state index contributed by atoms with van der Waals surface area (Å²) in [6.45, 7) is 7.39. The number of carbonyl (C=O) groups excluding carboxylic acids is 1. The third-order valence-electron chi connectivity index (χ3n) is 4.53. The van der Waals surface area contributed by atoms with Gasteiger partial charge < -0.3 is 14.4 Å². The van der Waals surface area contributed by atoms with E-state index in [1.165, 1.54) is 0 Å². The molecule has 6 nitrogen and oxygen atoms in total. The summed E-state index contributed by atoms with van der Waals surface area (Å²) in [6, 6.07) is 2.46. The van der Waals surface area contributed by atoms with Crippen molar-refractivity contribution in [2.75, 3.05) is 33.4 Å². The number of hydrogen-bond donors (Lipinski definition) is 0. The zero-order chi connectivity index (χ0) is 15.7. The standard InChI is InChI=1S/C16H23N3O3/c1-11(2)19-6-7-22-15-10-18(9-13(15)19)16(20)12-4-5-17-8-14(12)21-3/h4-5,8,11,13,15H,6-7,9-10H2,1-3H3. The highest BCUT2D eigenvalue weighted by Gasteiger charge is 2.42. The molecule has 120 valence electrons. The Morgan fingerprint density at radius 3 is 3.00 bits per heavy atom. The van der Waals surface area contributed by atoms with Gasteiger partial charge in [0, 0.05) is 31.9 Å². The molecule has 2 unspecified atom stereocenters. The number of morpholine rings is 1. The van der Waals surface area contributed by atoms with Crippen LogP contribution >= 0.6 is 0 Å². The van der Waals surface area contributed by atoms with E-state index >= 15 is 0 Å². The molecule has 0 bridgehead atoms. The Labute approximate surface area is 131 Å². The second kappa shape index (κ2) is 6.22. The number of carbonyl (C=O) groups is 1. The quantitative estimate of drug-likeness (QED) is 0.835. The summed E-state index contributed by atoms with van der Waals surface area (Å²) in [7, 11) is 1.56. The lowest BCUT2D eigenvalue weighted by atomic mass is 10.1. The maximum Gasteiger partial charge on any atom is 0.257 e. The van der Waals surface area contributed by atoms with E-state index in [1.54, 1.807) is 25.6 Å². The molecule has 3 heterocycles. The van der Waals surface area contributed by atoms with Crippen LogP contribution in [-0.4, -0.2) is 72.2 Å². The molecule has 2 atom stereocenters. The maximum absolute atomic E-state index is 12.8. The van der Waals surface area contributed by atoms with Crippen molar-refractivity contribution in [3.63, 3.8) is 0 Å². The van der Waals surface area contributed by atoms with E-state index in [4.69, 9.17) is 9.47 Å². The van der Waals surface area contributed by atoms with Gasteiger partial charge in [-0.1, -0.05) is 0 Å². The number of hydrogen-bond acceptors (Lipinski definition) is 5. The molecule has 0 aromatic carbocycles. The lowest BCUT2D eigenvalue weighted by Gasteiger charge is -2.39. The van der Waals surface area contributed by atoms with Crippen molar-refractivity contribution in [2.24, 2.45) is 0 Å². The first-order valence-electron chi connectivity index (χ1n) is 7.76. The smallest absolute Gasteiger partial charge is 0.257 e. The monoisotopic (exact) mass is 305 g/mol. The van der Waals surface area contributed by atoms with Crippen LogP contribution in [0.15, 0.2) is 18.5 Å². The zero-order valence-electron chi connectivity index (χ0n) is 13.4. The van der Waals surface area contributed by atoms with Gasteiger partial charge in [-0.3, -0.25) is 14.7 Å². The minimum Gasteiger partial charge on any atom is -0.494 e. The van der Waals surface area contributed by atoms with Crippen molar-refractivity contribution in [1.29, 1.82) is 0 Å². The van der Waals surface area contributed by atoms with E-state index in [0.717, 1.165) is 13.2 Å². The largest absolute Gasteiger partial charge is 0.494 e. The molecule has 0 aliphatic carbocycles. The molecule has 2 fully saturated rings. The van der Waals surface area contributed by atoms with E-state index in [-0.39, 0.29) is 18.1 Å². The van der Waals surface area contributed by atoms with Crippen LogP contribution in [0, 0.1) is 0 Å². The predicted molar refractivity (Wildman–Crippen MR) is 82.1 cm³/mol. The molecule has 2 saturated heterocycles. The Morgan fingerprint density at radius 2 is 2.27 bits per heavy atom. The van der Waals surface area contributed by atoms with E-state index < -0.39 is 0 Å². The molecule has 2 aliphatic rings. The van der Waals surface area contributed by atoms with Crippen LogP contribution in [0.25, 0.3) is 0 Å². The van der Waals surface area contributed by atoms with E-state index in [2.05, 4.69) is 23.7 Å².